The SMILES string of the molecule is c1ccc(C2=NC(c3ccccc3)[N-]C(c3cc(-c4cccc(-c5ccccc5)c4)c4c(c3)sc3ccccc34)=N2)cc1. The number of rotatable bonds is 5. The maximum atomic E-state index is 5.13. The summed E-state index contributed by atoms with van der Waals surface area (Å²) in [5, 5.41) is 7.66. The molecule has 0 N–H and O–H groups in total. The van der Waals surface area contributed by atoms with Crippen LogP contribution in [0.2, 0.25) is 0 Å². The topological polar surface area (TPSA) is 38.8 Å². The third kappa shape index (κ3) is 4.82. The molecule has 1 aliphatic rings. The molecule has 8 rings (SSSR count). The van der Waals surface area contributed by atoms with Crippen LogP contribution in [0.5, 0.6) is 0 Å². The summed E-state index contributed by atoms with van der Waals surface area (Å²) in [6.07, 6.45) is -0.369. The average Bonchev–Trinajstić information content (AvgIpc) is 3.47. The van der Waals surface area contributed by atoms with Crippen LogP contribution in [0.4, 0.5) is 0 Å². The van der Waals surface area contributed by atoms with E-state index in [4.69, 9.17) is 15.3 Å². The van der Waals surface area contributed by atoms with Gasteiger partial charge in [-0.25, -0.2) is 0 Å². The number of amidine groups is 2. The van der Waals surface area contributed by atoms with Crippen molar-refractivity contribution in [3.63, 3.8) is 0 Å². The summed E-state index contributed by atoms with van der Waals surface area (Å²) in [4.78, 5) is 10.0. The van der Waals surface area contributed by atoms with Crippen LogP contribution >= 0.6 is 11.3 Å². The van der Waals surface area contributed by atoms with Crippen molar-refractivity contribution in [3.8, 4) is 22.3 Å². The Balaban J connectivity index is 1.33. The highest BCUT2D eigenvalue weighted by Crippen LogP contribution is 2.43. The molecular weight excluding hydrogens is 543 g/mol. The van der Waals surface area contributed by atoms with E-state index < -0.39 is 0 Å². The van der Waals surface area contributed by atoms with E-state index in [0.717, 1.165) is 16.7 Å². The minimum Gasteiger partial charge on any atom is -0.438 e. The quantitative estimate of drug-likeness (QED) is 0.198. The van der Waals surface area contributed by atoms with Crippen molar-refractivity contribution in [2.75, 3.05) is 0 Å². The first-order valence-electron chi connectivity index (χ1n) is 14.4. The Bertz CT molecular complexity index is 2150. The molecule has 0 saturated heterocycles. The molecule has 0 fully saturated rings. The summed E-state index contributed by atoms with van der Waals surface area (Å²) in [5.74, 6) is 1.39. The minimum atomic E-state index is -0.369. The number of thiophene rings is 1. The van der Waals surface area contributed by atoms with Crippen molar-refractivity contribution in [2.24, 2.45) is 9.98 Å². The highest BCUT2D eigenvalue weighted by Gasteiger charge is 2.17. The number of fused-ring (bicyclic) bond motifs is 3. The molecule has 0 amide bonds. The summed E-state index contributed by atoms with van der Waals surface area (Å²) in [6.45, 7) is 0. The van der Waals surface area contributed by atoms with E-state index in [-0.39, 0.29) is 6.17 Å². The summed E-state index contributed by atoms with van der Waals surface area (Å²) in [7, 11) is 0. The Kier molecular flexibility index (Phi) is 6.39. The number of benzene rings is 6. The molecule has 43 heavy (non-hydrogen) atoms. The largest absolute Gasteiger partial charge is 0.438 e. The third-order valence-corrected chi connectivity index (χ3v) is 8.97. The highest BCUT2D eigenvalue weighted by atomic mass is 32.1. The molecule has 0 saturated carbocycles. The average molecular weight is 569 g/mol. The molecule has 2 heterocycles. The summed E-state index contributed by atoms with van der Waals surface area (Å²) in [6, 6.07) is 53.0. The normalized spacial score (nSPS) is 14.7. The van der Waals surface area contributed by atoms with Gasteiger partial charge in [0.1, 0.15) is 0 Å². The number of nitrogens with zero attached hydrogens (tertiary/aromatic N) is 3. The molecule has 7 aromatic rings. The Morgan fingerprint density at radius 2 is 1.16 bits per heavy atom. The fraction of sp³-hybridized carbons (Fsp3) is 0.0256. The zero-order chi connectivity index (χ0) is 28.6. The van der Waals surface area contributed by atoms with Gasteiger partial charge in [0, 0.05) is 20.2 Å². The lowest BCUT2D eigenvalue weighted by atomic mass is 9.94. The first kappa shape index (κ1) is 25.4. The van der Waals surface area contributed by atoms with Gasteiger partial charge in [0.2, 0.25) is 0 Å². The molecule has 1 aromatic heterocycles. The lowest BCUT2D eigenvalue weighted by molar-refractivity contribution is 0.878. The van der Waals surface area contributed by atoms with E-state index in [1.54, 1.807) is 0 Å². The fourth-order valence-corrected chi connectivity index (χ4v) is 6.94. The molecule has 1 atom stereocenters. The molecule has 1 unspecified atom stereocenters. The van der Waals surface area contributed by atoms with Crippen molar-refractivity contribution in [2.45, 2.75) is 6.17 Å². The number of aliphatic imine (C=N–C) groups is 2. The maximum Gasteiger partial charge on any atom is 0.0822 e. The van der Waals surface area contributed by atoms with Gasteiger partial charge in [0.25, 0.3) is 0 Å². The molecule has 0 radical (unpaired) electrons. The molecule has 4 heteroatoms. The molecule has 204 valence electrons. The van der Waals surface area contributed by atoms with Crippen molar-refractivity contribution in [1.82, 2.24) is 0 Å². The van der Waals surface area contributed by atoms with Gasteiger partial charge in [0.15, 0.2) is 0 Å². The molecule has 0 aliphatic carbocycles. The lowest BCUT2D eigenvalue weighted by Gasteiger charge is -2.32. The Morgan fingerprint density at radius 3 is 1.95 bits per heavy atom. The van der Waals surface area contributed by atoms with Gasteiger partial charge in [-0.05, 0) is 63.2 Å². The van der Waals surface area contributed by atoms with Gasteiger partial charge in [-0.15, -0.1) is 11.3 Å². The molecule has 0 spiro atoms. The van der Waals surface area contributed by atoms with Crippen LogP contribution in [-0.2, 0) is 0 Å². The predicted octanol–water partition coefficient (Wildman–Crippen LogP) is 10.7. The fourth-order valence-electron chi connectivity index (χ4n) is 5.77. The van der Waals surface area contributed by atoms with E-state index in [9.17, 15) is 0 Å². The van der Waals surface area contributed by atoms with Crippen molar-refractivity contribution in [3.05, 3.63) is 174 Å². The monoisotopic (exact) mass is 568 g/mol. The van der Waals surface area contributed by atoms with Gasteiger partial charge < -0.3 is 10.3 Å². The van der Waals surface area contributed by atoms with Crippen LogP contribution < -0.4 is 0 Å². The summed E-state index contributed by atoms with van der Waals surface area (Å²) >= 11 is 1.82. The van der Waals surface area contributed by atoms with Gasteiger partial charge in [-0.2, -0.15) is 0 Å². The Labute approximate surface area is 254 Å². The molecular formula is C39H26N3S-. The van der Waals surface area contributed by atoms with Crippen molar-refractivity contribution in [1.29, 1.82) is 0 Å². The zero-order valence-corrected chi connectivity index (χ0v) is 24.1. The van der Waals surface area contributed by atoms with E-state index in [1.807, 2.05) is 47.7 Å². The van der Waals surface area contributed by atoms with Crippen LogP contribution in [0.1, 0.15) is 22.9 Å². The molecule has 0 bridgehead atoms. The second-order valence-electron chi connectivity index (χ2n) is 10.6. The van der Waals surface area contributed by atoms with Crippen LogP contribution in [0.25, 0.3) is 47.7 Å². The molecule has 1 aliphatic heterocycles. The van der Waals surface area contributed by atoms with Gasteiger partial charge >= 0.3 is 0 Å². The van der Waals surface area contributed by atoms with Gasteiger partial charge in [0.05, 0.1) is 12.0 Å². The first-order valence-corrected chi connectivity index (χ1v) is 15.2. The van der Waals surface area contributed by atoms with Crippen LogP contribution in [0.15, 0.2) is 162 Å². The van der Waals surface area contributed by atoms with Gasteiger partial charge in [-0.3, -0.25) is 4.99 Å². The van der Waals surface area contributed by atoms with Crippen molar-refractivity contribution >= 4 is 43.2 Å². The standard InChI is InChI=1S/C39H26N3S/c1-4-13-26(14-5-1)29-19-12-20-30(23-29)33-24-31(25-35-36(33)32-21-10-11-22-34(32)43-35)39-41-37(27-15-6-2-7-16-27)40-38(42-39)28-17-8-3-9-18-28/h1-25,37H/q-1. The zero-order valence-electron chi connectivity index (χ0n) is 23.3. The van der Waals surface area contributed by atoms with E-state index >= 15 is 0 Å². The number of hydrogen-bond donors (Lipinski definition) is 0. The Morgan fingerprint density at radius 1 is 0.512 bits per heavy atom. The van der Waals surface area contributed by atoms with Crippen LogP contribution in [0.3, 0.4) is 0 Å². The second kappa shape index (κ2) is 10.8. The highest BCUT2D eigenvalue weighted by molar-refractivity contribution is 7.26. The van der Waals surface area contributed by atoms with E-state index in [2.05, 4.69) is 115 Å². The van der Waals surface area contributed by atoms with Gasteiger partial charge in [-0.1, -0.05) is 133 Å². The maximum absolute atomic E-state index is 5.13. The van der Waals surface area contributed by atoms with Crippen LogP contribution in [-0.4, -0.2) is 11.7 Å². The van der Waals surface area contributed by atoms with Crippen LogP contribution in [0, 0.1) is 0 Å². The third-order valence-electron chi connectivity index (χ3n) is 7.85. The second-order valence-corrected chi connectivity index (χ2v) is 11.7. The minimum absolute atomic E-state index is 0.369. The summed E-state index contributed by atoms with van der Waals surface area (Å²) in [5.41, 5.74) is 7.76. The van der Waals surface area contributed by atoms with E-state index in [1.165, 1.54) is 42.4 Å². The Hall–Kier alpha value is -5.32. The summed E-state index contributed by atoms with van der Waals surface area (Å²) < 4.78 is 2.49. The predicted molar refractivity (Wildman–Crippen MR) is 182 cm³/mol. The smallest absolute Gasteiger partial charge is 0.0822 e. The number of hydrogen-bond acceptors (Lipinski definition) is 3. The first-order chi connectivity index (χ1) is 21.3. The van der Waals surface area contributed by atoms with Crippen molar-refractivity contribution < 1.29 is 0 Å². The molecule has 6 aromatic carbocycles. The van der Waals surface area contributed by atoms with E-state index in [0.29, 0.717) is 11.7 Å². The molecule has 3 nitrogen and oxygen atoms in total. The lowest BCUT2D eigenvalue weighted by Crippen LogP contribution is -2.16.